The summed E-state index contributed by atoms with van der Waals surface area (Å²) in [6, 6.07) is 86.7. The Morgan fingerprint density at radius 3 is 0.963 bits per heavy atom. The molecule has 25 heteroatoms. The zero-order valence-corrected chi connectivity index (χ0v) is 69.9. The van der Waals surface area contributed by atoms with Gasteiger partial charge in [-0.05, 0) is 95.1 Å². The Morgan fingerprint density at radius 2 is 0.682 bits per heavy atom. The SMILES string of the molecule is C.C.CCC[CH2][Sn]([CH2]CCC)([CH2]CCC)[c]1ccccn1.CI.CO.Nc1nccc(-c2ccccn2)c1N.Nc1nccc(-c2ccccn2)c1[N+](=O)[O-].Nc1nccc(Cl)c1[N+](=O)[O-].[Cl][Pd][Cl].c1ccc(P(c2ccccc2)c2ccccc2)cc1.c1ccc(P(c2ccccc2)c2ccccc2)cc1. The Labute approximate surface area is 674 Å². The molecule has 0 spiro atoms. The van der Waals surface area contributed by atoms with Crippen molar-refractivity contribution in [2.75, 3.05) is 35.0 Å². The first-order valence-corrected chi connectivity index (χ1v) is 50.1. The normalized spacial score (nSPS) is 9.94. The summed E-state index contributed by atoms with van der Waals surface area (Å²) in [5.74, 6) is 0.0730. The van der Waals surface area contributed by atoms with Gasteiger partial charge in [0.1, 0.15) is 10.8 Å². The second-order valence-corrected chi connectivity index (χ2v) is 42.5. The topological polar surface area (TPSA) is 288 Å². The van der Waals surface area contributed by atoms with E-state index in [9.17, 15) is 20.2 Å². The first-order valence-electron chi connectivity index (χ1n) is 33.4. The molecule has 0 fully saturated rings. The van der Waals surface area contributed by atoms with Crippen LogP contribution in [-0.2, 0) is 15.9 Å². The van der Waals surface area contributed by atoms with Crippen LogP contribution < -0.4 is 58.5 Å². The molecule has 17 nitrogen and oxygen atoms in total. The minimum atomic E-state index is -2.21. The number of anilines is 4. The molecule has 0 saturated heterocycles. The van der Waals surface area contributed by atoms with Crippen LogP contribution in [0.1, 0.15) is 74.1 Å². The number of nitrogen functional groups attached to an aromatic ring is 4. The van der Waals surface area contributed by atoms with E-state index >= 15 is 0 Å². The van der Waals surface area contributed by atoms with Gasteiger partial charge in [0.25, 0.3) is 0 Å². The average molecular weight is 1850 g/mol. The van der Waals surface area contributed by atoms with Crippen LogP contribution in [0, 0.1) is 20.2 Å². The standard InChI is InChI=1S/2C18H15P.C10H8N4O2.C10H10N4.C5H4ClN3O2.C5H4N.3C4H9.CH3I.CH4O.2CH4.2ClH.Pd.Sn/c2*1-4-10-16(11-5-1)19(17-12-6-2-7-13-17)18-14-8-3-9-15-18;11-10-9(14(15)16)7(4-6-13-10)8-3-1-2-5-12-8;11-9-7(4-6-14-10(9)12)8-3-1-2-5-13-8;6-3-1-2-8-5(7)4(3)9(10)11;1-2-4-6-5-3-1;3*1-3-4-2;2*1-2;;;;;;/h2*1-15H;1-6H,(H2,11,13);1-6H,11H2,(H2,12,14);1-2H,(H2,7,8);1-4H;3*1,3-4H2,2H3;1H3;2H,1H3;2*1H4;2*1H;;/q;;;;;;;;;;;;;;;+2;/p-2. The van der Waals surface area contributed by atoms with Gasteiger partial charge in [0, 0.05) is 43.7 Å². The molecular formula is C82H98Cl3IN12O5P2PdSn. The van der Waals surface area contributed by atoms with E-state index in [-0.39, 0.29) is 58.8 Å². The van der Waals surface area contributed by atoms with Crippen molar-refractivity contribution in [3.63, 3.8) is 0 Å². The number of halogens is 4. The summed E-state index contributed by atoms with van der Waals surface area (Å²) in [5.41, 5.74) is 24.5. The van der Waals surface area contributed by atoms with Gasteiger partial charge in [-0.25, -0.2) is 15.0 Å². The smallest absolute Gasteiger partial charge is 0.0134 e. The van der Waals surface area contributed by atoms with Gasteiger partial charge in [-0.2, -0.15) is 0 Å². The van der Waals surface area contributed by atoms with Crippen molar-refractivity contribution in [2.45, 2.75) is 87.5 Å². The van der Waals surface area contributed by atoms with Crippen LogP contribution in [0.3, 0.4) is 0 Å². The van der Waals surface area contributed by atoms with E-state index in [1.807, 2.05) is 29.3 Å². The van der Waals surface area contributed by atoms with Gasteiger partial charge in [0.15, 0.2) is 0 Å². The van der Waals surface area contributed by atoms with Crippen LogP contribution >= 0.6 is 69.1 Å². The first kappa shape index (κ1) is 95.2. The van der Waals surface area contributed by atoms with E-state index in [1.54, 1.807) is 46.6 Å². The number of hydrogen-bond acceptors (Lipinski definition) is 15. The van der Waals surface area contributed by atoms with Crippen LogP contribution in [-0.4, -0.2) is 75.3 Å². The number of unbranched alkanes of at least 4 members (excludes halogenated alkanes) is 3. The number of nitrogens with two attached hydrogens (primary N) is 4. The van der Waals surface area contributed by atoms with Gasteiger partial charge in [-0.15, -0.1) is 0 Å². The summed E-state index contributed by atoms with van der Waals surface area (Å²) in [6.07, 6.45) is 17.9. The van der Waals surface area contributed by atoms with Gasteiger partial charge in [0.2, 0.25) is 11.6 Å². The van der Waals surface area contributed by atoms with Crippen LogP contribution in [0.25, 0.3) is 22.5 Å². The predicted octanol–water partition coefficient (Wildman–Crippen LogP) is 19.5. The third-order valence-electron chi connectivity index (χ3n) is 15.4. The molecular weight excluding hydrogens is 1750 g/mol. The molecule has 12 aromatic rings. The van der Waals surface area contributed by atoms with Gasteiger partial charge in [-0.3, -0.25) is 30.2 Å². The summed E-state index contributed by atoms with van der Waals surface area (Å²) in [5, 5.41) is 36.5. The molecule has 12 rings (SSSR count). The summed E-state index contributed by atoms with van der Waals surface area (Å²) in [7, 11) is 9.74. The van der Waals surface area contributed by atoms with Crippen LogP contribution in [0.2, 0.25) is 18.3 Å². The van der Waals surface area contributed by atoms with Crippen LogP contribution in [0.15, 0.2) is 292 Å². The van der Waals surface area contributed by atoms with E-state index in [2.05, 4.69) is 268 Å². The second kappa shape index (κ2) is 56.4. The minimum absolute atomic E-state index is 0. The third-order valence-corrected chi connectivity index (χ3v) is 35.8. The van der Waals surface area contributed by atoms with Crippen molar-refractivity contribution < 1.29 is 30.9 Å². The Bertz CT molecular complexity index is 3960. The van der Waals surface area contributed by atoms with Crippen LogP contribution in [0.4, 0.5) is 34.5 Å². The number of aromatic nitrogens is 6. The molecule has 0 atom stereocenters. The van der Waals surface area contributed by atoms with Crippen molar-refractivity contribution in [2.24, 2.45) is 0 Å². The summed E-state index contributed by atoms with van der Waals surface area (Å²) in [6.45, 7) is 6.98. The molecule has 0 aliphatic rings. The van der Waals surface area contributed by atoms with Crippen molar-refractivity contribution in [3.05, 3.63) is 317 Å². The van der Waals surface area contributed by atoms with E-state index in [0.717, 1.165) is 18.4 Å². The Balaban J connectivity index is 0.000000430. The van der Waals surface area contributed by atoms with Gasteiger partial charge in [-0.1, -0.05) is 243 Å². The van der Waals surface area contributed by atoms with Crippen molar-refractivity contribution in [3.8, 4) is 22.5 Å². The Morgan fingerprint density at radius 1 is 0.402 bits per heavy atom. The predicted molar refractivity (Wildman–Crippen MR) is 467 cm³/mol. The number of rotatable bonds is 20. The summed E-state index contributed by atoms with van der Waals surface area (Å²) < 4.78 is 6.10. The largest absolute Gasteiger partial charge is 0.0622 e. The zero-order chi connectivity index (χ0) is 76.5. The molecule has 6 aromatic carbocycles. The van der Waals surface area contributed by atoms with E-state index in [0.29, 0.717) is 22.8 Å². The maximum absolute atomic E-state index is 10.9. The number of pyridine rings is 6. The zero-order valence-electron chi connectivity index (χ0n) is 59.3. The molecule has 0 aliphatic heterocycles. The van der Waals surface area contributed by atoms with E-state index in [4.69, 9.17) is 63.7 Å². The molecule has 0 saturated carbocycles. The van der Waals surface area contributed by atoms with E-state index in [1.165, 1.54) is 108 Å². The number of alkyl halides is 1. The maximum atomic E-state index is 10.9. The first-order chi connectivity index (χ1) is 51.2. The molecule has 0 aliphatic carbocycles. The number of aliphatic hydroxyl groups is 1. The van der Waals surface area contributed by atoms with E-state index < -0.39 is 44.1 Å². The molecule has 6 heterocycles. The summed E-state index contributed by atoms with van der Waals surface area (Å²) in [4.78, 5) is 46.0. The molecule has 107 heavy (non-hydrogen) atoms. The Kier molecular flexibility index (Phi) is 50.1. The maximum Gasteiger partial charge on any atom is -0.0134 e. The molecule has 9 N–H and O–H groups in total. The molecule has 0 radical (unpaired) electrons. The molecule has 568 valence electrons. The minimum Gasteiger partial charge on any atom is -0.0622 e. The van der Waals surface area contributed by atoms with Gasteiger partial charge < -0.3 is 28.0 Å². The fourth-order valence-electron chi connectivity index (χ4n) is 10.6. The average Bonchev–Trinajstić information content (AvgIpc) is 0.838. The molecule has 0 unspecified atom stereocenters. The fourth-order valence-corrected chi connectivity index (χ4v) is 30.9. The number of aliphatic hydroxyl groups excluding tert-OH is 1. The third kappa shape index (κ3) is 32.4. The number of benzene rings is 6. The molecule has 0 amide bonds. The van der Waals surface area contributed by atoms with Crippen molar-refractivity contribution >= 4 is 158 Å². The number of nitro groups is 2. The fraction of sp³-hybridized carbons (Fsp3) is 0.195. The molecule has 6 aromatic heterocycles. The Hall–Kier alpha value is -7.90. The van der Waals surface area contributed by atoms with Gasteiger partial charge in [0.05, 0.1) is 32.5 Å². The summed E-state index contributed by atoms with van der Waals surface area (Å²) >= 11 is 5.30. The monoisotopic (exact) mass is 1850 g/mol. The number of nitrogens with zero attached hydrogens (tertiary/aromatic N) is 8. The second-order valence-electron chi connectivity index (χ2n) is 22.3. The number of hydrogen-bond donors (Lipinski definition) is 5. The molecule has 0 bridgehead atoms. The van der Waals surface area contributed by atoms with Crippen molar-refractivity contribution in [1.82, 2.24) is 29.9 Å². The van der Waals surface area contributed by atoms with Gasteiger partial charge >= 0.3 is 170 Å². The quantitative estimate of drug-likeness (QED) is 0.0118. The van der Waals surface area contributed by atoms with Crippen molar-refractivity contribution in [1.29, 1.82) is 0 Å². The van der Waals surface area contributed by atoms with Crippen LogP contribution in [0.5, 0.6) is 0 Å².